The van der Waals surface area contributed by atoms with E-state index in [9.17, 15) is 0 Å². The SMILES string of the molecule is Nc1cnn(CC2CCC3CC3C2)n1. The summed E-state index contributed by atoms with van der Waals surface area (Å²) in [7, 11) is 0. The van der Waals surface area contributed by atoms with Gasteiger partial charge in [-0.1, -0.05) is 0 Å². The fourth-order valence-corrected chi connectivity index (χ4v) is 2.74. The molecule has 4 nitrogen and oxygen atoms in total. The molecule has 3 rings (SSSR count). The van der Waals surface area contributed by atoms with Crippen LogP contribution in [0.25, 0.3) is 0 Å². The Balaban J connectivity index is 1.61. The molecule has 0 spiro atoms. The van der Waals surface area contributed by atoms with Gasteiger partial charge in [0.2, 0.25) is 0 Å². The van der Waals surface area contributed by atoms with Crippen molar-refractivity contribution in [3.05, 3.63) is 6.20 Å². The predicted octanol–water partition coefficient (Wildman–Crippen LogP) is 1.30. The average Bonchev–Trinajstić information content (AvgIpc) is 2.82. The molecule has 2 aliphatic carbocycles. The highest BCUT2D eigenvalue weighted by molar-refractivity contribution is 5.19. The molecule has 0 radical (unpaired) electrons. The minimum absolute atomic E-state index is 0.533. The standard InChI is InChI=1S/C10H16N4/c11-10-5-12-14(13-10)6-7-1-2-8-4-9(8)3-7/h5,7-9H,1-4,6H2,(H2,11,13). The van der Waals surface area contributed by atoms with Crippen LogP contribution in [0, 0.1) is 17.8 Å². The third-order valence-corrected chi connectivity index (χ3v) is 3.63. The number of rotatable bonds is 2. The third kappa shape index (κ3) is 1.49. The Morgan fingerprint density at radius 3 is 3.00 bits per heavy atom. The highest BCUT2D eigenvalue weighted by atomic mass is 15.5. The van der Waals surface area contributed by atoms with Crippen molar-refractivity contribution >= 4 is 5.82 Å². The molecule has 0 bridgehead atoms. The summed E-state index contributed by atoms with van der Waals surface area (Å²) in [6.45, 7) is 0.959. The maximum absolute atomic E-state index is 5.52. The molecule has 2 N–H and O–H groups in total. The fraction of sp³-hybridized carbons (Fsp3) is 0.800. The molecule has 0 aliphatic heterocycles. The molecule has 1 aromatic rings. The topological polar surface area (TPSA) is 56.7 Å². The Kier molecular flexibility index (Phi) is 1.75. The van der Waals surface area contributed by atoms with Crippen molar-refractivity contribution in [3.63, 3.8) is 0 Å². The van der Waals surface area contributed by atoms with E-state index in [-0.39, 0.29) is 0 Å². The number of fused-ring (bicyclic) bond motifs is 1. The maximum atomic E-state index is 5.52. The number of hydrogen-bond acceptors (Lipinski definition) is 3. The van der Waals surface area contributed by atoms with Crippen LogP contribution in [0.4, 0.5) is 5.82 Å². The number of hydrogen-bond donors (Lipinski definition) is 1. The first-order valence-corrected chi connectivity index (χ1v) is 5.47. The van der Waals surface area contributed by atoms with Crippen LogP contribution in [0.2, 0.25) is 0 Å². The summed E-state index contributed by atoms with van der Waals surface area (Å²) in [5, 5.41) is 8.26. The van der Waals surface area contributed by atoms with Gasteiger partial charge >= 0.3 is 0 Å². The summed E-state index contributed by atoms with van der Waals surface area (Å²) in [6.07, 6.45) is 7.26. The van der Waals surface area contributed by atoms with E-state index in [1.54, 1.807) is 11.0 Å². The average molecular weight is 192 g/mol. The molecular weight excluding hydrogens is 176 g/mol. The van der Waals surface area contributed by atoms with Gasteiger partial charge in [0, 0.05) is 0 Å². The number of anilines is 1. The zero-order chi connectivity index (χ0) is 9.54. The first-order chi connectivity index (χ1) is 6.81. The summed E-state index contributed by atoms with van der Waals surface area (Å²) in [5.74, 6) is 3.42. The predicted molar refractivity (Wildman–Crippen MR) is 53.4 cm³/mol. The quantitative estimate of drug-likeness (QED) is 0.768. The normalized spacial score (nSPS) is 35.3. The second kappa shape index (κ2) is 2.97. The molecule has 3 unspecified atom stereocenters. The lowest BCUT2D eigenvalue weighted by atomic mass is 9.89. The molecule has 1 heterocycles. The Bertz CT molecular complexity index is 333. The minimum Gasteiger partial charge on any atom is -0.381 e. The Labute approximate surface area is 83.5 Å². The van der Waals surface area contributed by atoms with E-state index in [0.717, 1.165) is 24.3 Å². The second-order valence-electron chi connectivity index (χ2n) is 4.76. The van der Waals surface area contributed by atoms with Crippen LogP contribution in [0.1, 0.15) is 25.7 Å². The highest BCUT2D eigenvalue weighted by Gasteiger charge is 2.41. The number of nitrogen functional groups attached to an aromatic ring is 1. The number of nitrogens with two attached hydrogens (primary N) is 1. The lowest BCUT2D eigenvalue weighted by molar-refractivity contribution is 0.284. The first-order valence-electron chi connectivity index (χ1n) is 5.47. The van der Waals surface area contributed by atoms with Crippen LogP contribution >= 0.6 is 0 Å². The maximum Gasteiger partial charge on any atom is 0.165 e. The van der Waals surface area contributed by atoms with Crippen LogP contribution < -0.4 is 5.73 Å². The summed E-state index contributed by atoms with van der Waals surface area (Å²) < 4.78 is 0. The minimum atomic E-state index is 0.533. The Hall–Kier alpha value is -1.06. The van der Waals surface area contributed by atoms with Crippen molar-refractivity contribution in [2.75, 3.05) is 5.73 Å². The van der Waals surface area contributed by atoms with Crippen molar-refractivity contribution in [2.45, 2.75) is 32.2 Å². The molecule has 2 fully saturated rings. The van der Waals surface area contributed by atoms with E-state index in [0.29, 0.717) is 5.82 Å². The largest absolute Gasteiger partial charge is 0.381 e. The van der Waals surface area contributed by atoms with Gasteiger partial charge in [0.05, 0.1) is 12.7 Å². The highest BCUT2D eigenvalue weighted by Crippen LogP contribution is 2.51. The van der Waals surface area contributed by atoms with Gasteiger partial charge < -0.3 is 5.73 Å². The van der Waals surface area contributed by atoms with Gasteiger partial charge in [0.25, 0.3) is 0 Å². The summed E-state index contributed by atoms with van der Waals surface area (Å²) >= 11 is 0. The van der Waals surface area contributed by atoms with Gasteiger partial charge in [0.15, 0.2) is 5.82 Å². The Morgan fingerprint density at radius 1 is 1.36 bits per heavy atom. The molecule has 0 aromatic carbocycles. The molecule has 2 aliphatic rings. The van der Waals surface area contributed by atoms with Crippen LogP contribution in [-0.2, 0) is 6.54 Å². The van der Waals surface area contributed by atoms with E-state index >= 15 is 0 Å². The summed E-state index contributed by atoms with van der Waals surface area (Å²) in [6, 6.07) is 0. The summed E-state index contributed by atoms with van der Waals surface area (Å²) in [4.78, 5) is 1.75. The van der Waals surface area contributed by atoms with Crippen molar-refractivity contribution in [3.8, 4) is 0 Å². The molecule has 76 valence electrons. The second-order valence-corrected chi connectivity index (χ2v) is 4.76. The van der Waals surface area contributed by atoms with Gasteiger partial charge in [-0.3, -0.25) is 0 Å². The zero-order valence-electron chi connectivity index (χ0n) is 8.26. The van der Waals surface area contributed by atoms with E-state index in [2.05, 4.69) is 10.2 Å². The van der Waals surface area contributed by atoms with Crippen molar-refractivity contribution in [1.29, 1.82) is 0 Å². The lowest BCUT2D eigenvalue weighted by Crippen LogP contribution is -2.17. The van der Waals surface area contributed by atoms with E-state index < -0.39 is 0 Å². The van der Waals surface area contributed by atoms with E-state index in [1.165, 1.54) is 25.7 Å². The molecule has 14 heavy (non-hydrogen) atoms. The molecular formula is C10H16N4. The van der Waals surface area contributed by atoms with Crippen molar-refractivity contribution < 1.29 is 0 Å². The van der Waals surface area contributed by atoms with Gasteiger partial charge in [-0.05, 0) is 43.4 Å². The molecule has 2 saturated carbocycles. The molecule has 1 aromatic heterocycles. The monoisotopic (exact) mass is 192 g/mol. The van der Waals surface area contributed by atoms with E-state index in [1.807, 2.05) is 0 Å². The van der Waals surface area contributed by atoms with Crippen molar-refractivity contribution in [1.82, 2.24) is 15.0 Å². The zero-order valence-corrected chi connectivity index (χ0v) is 8.26. The molecule has 0 amide bonds. The first kappa shape index (κ1) is 8.26. The smallest absolute Gasteiger partial charge is 0.165 e. The van der Waals surface area contributed by atoms with Crippen LogP contribution in [0.15, 0.2) is 6.20 Å². The lowest BCUT2D eigenvalue weighted by Gasteiger charge is -2.20. The van der Waals surface area contributed by atoms with Gasteiger partial charge in [-0.15, -0.1) is 5.10 Å². The third-order valence-electron chi connectivity index (χ3n) is 3.63. The van der Waals surface area contributed by atoms with Gasteiger partial charge in [-0.25, -0.2) is 0 Å². The van der Waals surface area contributed by atoms with Crippen LogP contribution in [0.5, 0.6) is 0 Å². The molecule has 0 saturated heterocycles. The van der Waals surface area contributed by atoms with Crippen LogP contribution in [0.3, 0.4) is 0 Å². The molecule has 4 heteroatoms. The van der Waals surface area contributed by atoms with Gasteiger partial charge in [0.1, 0.15) is 0 Å². The Morgan fingerprint density at radius 2 is 2.29 bits per heavy atom. The number of nitrogens with zero attached hydrogens (tertiary/aromatic N) is 3. The molecule has 3 atom stereocenters. The van der Waals surface area contributed by atoms with Crippen LogP contribution in [-0.4, -0.2) is 15.0 Å². The fourth-order valence-electron chi connectivity index (χ4n) is 2.74. The number of aromatic nitrogens is 3. The van der Waals surface area contributed by atoms with Gasteiger partial charge in [-0.2, -0.15) is 9.90 Å². The summed E-state index contributed by atoms with van der Waals surface area (Å²) in [5.41, 5.74) is 5.52. The van der Waals surface area contributed by atoms with E-state index in [4.69, 9.17) is 5.73 Å². The van der Waals surface area contributed by atoms with Crippen molar-refractivity contribution in [2.24, 2.45) is 17.8 Å².